The SMILES string of the molecule is CC(C)Oc1nc(N)nc(NCCCc2ccccc2)n1. The Morgan fingerprint density at radius 2 is 1.90 bits per heavy atom. The van der Waals surface area contributed by atoms with Crippen LogP contribution in [0.1, 0.15) is 25.8 Å². The molecule has 1 heterocycles. The second-order valence-corrected chi connectivity index (χ2v) is 4.98. The van der Waals surface area contributed by atoms with Crippen LogP contribution in [0.4, 0.5) is 11.9 Å². The van der Waals surface area contributed by atoms with Gasteiger partial charge in [0.2, 0.25) is 11.9 Å². The van der Waals surface area contributed by atoms with E-state index in [0.717, 1.165) is 19.4 Å². The third-order valence-corrected chi connectivity index (χ3v) is 2.74. The second kappa shape index (κ2) is 7.42. The zero-order valence-corrected chi connectivity index (χ0v) is 12.4. The van der Waals surface area contributed by atoms with E-state index in [1.165, 1.54) is 5.56 Å². The van der Waals surface area contributed by atoms with Gasteiger partial charge >= 0.3 is 6.01 Å². The van der Waals surface area contributed by atoms with Gasteiger partial charge in [0.05, 0.1) is 6.10 Å². The summed E-state index contributed by atoms with van der Waals surface area (Å²) in [6.45, 7) is 4.58. The van der Waals surface area contributed by atoms with Crippen LogP contribution in [0.5, 0.6) is 6.01 Å². The molecule has 0 aliphatic carbocycles. The van der Waals surface area contributed by atoms with Crippen LogP contribution in [-0.2, 0) is 6.42 Å². The average molecular weight is 287 g/mol. The molecule has 0 amide bonds. The van der Waals surface area contributed by atoms with Crippen LogP contribution < -0.4 is 15.8 Å². The van der Waals surface area contributed by atoms with Crippen LogP contribution in [0.2, 0.25) is 0 Å². The Morgan fingerprint density at radius 1 is 1.14 bits per heavy atom. The Hall–Kier alpha value is -2.37. The van der Waals surface area contributed by atoms with Gasteiger partial charge in [-0.25, -0.2) is 0 Å². The minimum atomic E-state index is -0.00210. The predicted octanol–water partition coefficient (Wildman–Crippen LogP) is 2.29. The molecule has 1 aromatic carbocycles. The van der Waals surface area contributed by atoms with Crippen molar-refractivity contribution in [1.29, 1.82) is 0 Å². The van der Waals surface area contributed by atoms with E-state index in [1.54, 1.807) is 0 Å². The molecule has 0 atom stereocenters. The van der Waals surface area contributed by atoms with Crippen LogP contribution in [0.3, 0.4) is 0 Å². The van der Waals surface area contributed by atoms with Gasteiger partial charge in [-0.3, -0.25) is 0 Å². The van der Waals surface area contributed by atoms with E-state index in [2.05, 4.69) is 32.4 Å². The highest BCUT2D eigenvalue weighted by Crippen LogP contribution is 2.10. The monoisotopic (exact) mass is 287 g/mol. The number of nitrogens with zero attached hydrogens (tertiary/aromatic N) is 3. The van der Waals surface area contributed by atoms with Crippen LogP contribution in [0.15, 0.2) is 30.3 Å². The number of aryl methyl sites for hydroxylation is 1. The van der Waals surface area contributed by atoms with Gasteiger partial charge < -0.3 is 15.8 Å². The van der Waals surface area contributed by atoms with Crippen molar-refractivity contribution < 1.29 is 4.74 Å². The number of rotatable bonds is 7. The van der Waals surface area contributed by atoms with Gasteiger partial charge in [0.15, 0.2) is 0 Å². The van der Waals surface area contributed by atoms with E-state index in [0.29, 0.717) is 5.95 Å². The molecule has 0 bridgehead atoms. The van der Waals surface area contributed by atoms with Crippen molar-refractivity contribution in [3.8, 4) is 6.01 Å². The van der Waals surface area contributed by atoms with Crippen molar-refractivity contribution in [2.24, 2.45) is 0 Å². The fourth-order valence-corrected chi connectivity index (χ4v) is 1.85. The summed E-state index contributed by atoms with van der Waals surface area (Å²) in [6, 6.07) is 10.6. The average Bonchev–Trinajstić information content (AvgIpc) is 2.43. The Balaban J connectivity index is 1.84. The molecule has 6 heteroatoms. The van der Waals surface area contributed by atoms with Gasteiger partial charge in [0.25, 0.3) is 0 Å². The van der Waals surface area contributed by atoms with Gasteiger partial charge in [0.1, 0.15) is 0 Å². The molecule has 112 valence electrons. The standard InChI is InChI=1S/C15H21N5O/c1-11(2)21-15-19-13(16)18-14(20-15)17-10-6-9-12-7-4-3-5-8-12/h3-5,7-8,11H,6,9-10H2,1-2H3,(H3,16,17,18,19,20). The lowest BCUT2D eigenvalue weighted by Gasteiger charge is -2.10. The van der Waals surface area contributed by atoms with Gasteiger partial charge in [-0.05, 0) is 32.3 Å². The van der Waals surface area contributed by atoms with Crippen molar-refractivity contribution in [1.82, 2.24) is 15.0 Å². The van der Waals surface area contributed by atoms with E-state index in [9.17, 15) is 0 Å². The smallest absolute Gasteiger partial charge is 0.323 e. The van der Waals surface area contributed by atoms with Gasteiger partial charge in [-0.15, -0.1) is 0 Å². The Morgan fingerprint density at radius 3 is 2.62 bits per heavy atom. The van der Waals surface area contributed by atoms with E-state index < -0.39 is 0 Å². The molecule has 0 aliphatic heterocycles. The Bertz CT molecular complexity index is 559. The number of hydrogen-bond acceptors (Lipinski definition) is 6. The lowest BCUT2D eigenvalue weighted by molar-refractivity contribution is 0.222. The number of nitrogen functional groups attached to an aromatic ring is 1. The fourth-order valence-electron chi connectivity index (χ4n) is 1.85. The molecule has 0 spiro atoms. The third kappa shape index (κ3) is 5.25. The van der Waals surface area contributed by atoms with E-state index >= 15 is 0 Å². The molecular formula is C15H21N5O. The summed E-state index contributed by atoms with van der Waals surface area (Å²) in [5, 5.41) is 3.15. The Kier molecular flexibility index (Phi) is 5.31. The quantitative estimate of drug-likeness (QED) is 0.760. The molecule has 2 aromatic rings. The summed E-state index contributed by atoms with van der Waals surface area (Å²) >= 11 is 0. The summed E-state index contributed by atoms with van der Waals surface area (Å²) in [5.41, 5.74) is 6.97. The summed E-state index contributed by atoms with van der Waals surface area (Å²) in [6.07, 6.45) is 1.98. The highest BCUT2D eigenvalue weighted by Gasteiger charge is 2.06. The first-order valence-electron chi connectivity index (χ1n) is 7.09. The minimum absolute atomic E-state index is 0.00210. The topological polar surface area (TPSA) is 86.0 Å². The van der Waals surface area contributed by atoms with Gasteiger partial charge in [-0.2, -0.15) is 15.0 Å². The first-order chi connectivity index (χ1) is 10.1. The van der Waals surface area contributed by atoms with Crippen molar-refractivity contribution in [2.45, 2.75) is 32.8 Å². The van der Waals surface area contributed by atoms with Crippen LogP contribution in [0, 0.1) is 0 Å². The predicted molar refractivity (Wildman–Crippen MR) is 83.3 cm³/mol. The maximum absolute atomic E-state index is 5.65. The molecule has 0 saturated carbocycles. The molecule has 6 nitrogen and oxygen atoms in total. The molecule has 0 unspecified atom stereocenters. The van der Waals surface area contributed by atoms with E-state index in [4.69, 9.17) is 10.5 Å². The molecule has 0 aliphatic rings. The van der Waals surface area contributed by atoms with Crippen molar-refractivity contribution in [3.63, 3.8) is 0 Å². The molecule has 1 aromatic heterocycles. The largest absolute Gasteiger partial charge is 0.461 e. The number of aromatic nitrogens is 3. The normalized spacial score (nSPS) is 10.6. The molecule has 0 saturated heterocycles. The van der Waals surface area contributed by atoms with Crippen molar-refractivity contribution in [3.05, 3.63) is 35.9 Å². The lowest BCUT2D eigenvalue weighted by Crippen LogP contribution is -2.13. The maximum atomic E-state index is 5.65. The first kappa shape index (κ1) is 15.0. The molecular weight excluding hydrogens is 266 g/mol. The summed E-state index contributed by atoms with van der Waals surface area (Å²) in [7, 11) is 0. The minimum Gasteiger partial charge on any atom is -0.461 e. The lowest BCUT2D eigenvalue weighted by atomic mass is 10.1. The summed E-state index contributed by atoms with van der Waals surface area (Å²) < 4.78 is 5.43. The molecule has 3 N–H and O–H groups in total. The second-order valence-electron chi connectivity index (χ2n) is 4.98. The Labute approximate surface area is 124 Å². The number of ether oxygens (including phenoxy) is 1. The molecule has 0 radical (unpaired) electrons. The van der Waals surface area contributed by atoms with E-state index in [-0.39, 0.29) is 18.1 Å². The molecule has 0 fully saturated rings. The van der Waals surface area contributed by atoms with Crippen LogP contribution >= 0.6 is 0 Å². The number of nitrogens with two attached hydrogens (primary N) is 1. The zero-order valence-electron chi connectivity index (χ0n) is 12.4. The molecule has 2 rings (SSSR count). The fraction of sp³-hybridized carbons (Fsp3) is 0.400. The highest BCUT2D eigenvalue weighted by atomic mass is 16.5. The van der Waals surface area contributed by atoms with Crippen molar-refractivity contribution >= 4 is 11.9 Å². The van der Waals surface area contributed by atoms with Gasteiger partial charge in [0, 0.05) is 6.54 Å². The van der Waals surface area contributed by atoms with Crippen LogP contribution in [-0.4, -0.2) is 27.6 Å². The maximum Gasteiger partial charge on any atom is 0.323 e. The number of nitrogens with one attached hydrogen (secondary N) is 1. The number of benzene rings is 1. The molecule has 21 heavy (non-hydrogen) atoms. The zero-order chi connectivity index (χ0) is 15.1. The third-order valence-electron chi connectivity index (χ3n) is 2.74. The highest BCUT2D eigenvalue weighted by molar-refractivity contribution is 5.32. The number of hydrogen-bond donors (Lipinski definition) is 2. The van der Waals surface area contributed by atoms with Gasteiger partial charge in [-0.1, -0.05) is 30.3 Å². The first-order valence-corrected chi connectivity index (χ1v) is 7.09. The number of anilines is 2. The van der Waals surface area contributed by atoms with E-state index in [1.807, 2.05) is 32.0 Å². The summed E-state index contributed by atoms with van der Waals surface area (Å²) in [5.74, 6) is 0.609. The van der Waals surface area contributed by atoms with Crippen LogP contribution in [0.25, 0.3) is 0 Å². The van der Waals surface area contributed by atoms with Crippen molar-refractivity contribution in [2.75, 3.05) is 17.6 Å². The summed E-state index contributed by atoms with van der Waals surface area (Å²) in [4.78, 5) is 12.2.